The number of rotatable bonds is 12. The SMILES string of the molecule is C=C(C=C1C(=O)N(c2ccc(OC)cc2)C1c1ccccc1)NOCCCN(CC)CC. The smallest absolute Gasteiger partial charge is 0.257 e. The van der Waals surface area contributed by atoms with Crippen LogP contribution in [0.1, 0.15) is 31.9 Å². The fraction of sp³-hybridized carbons (Fsp3) is 0.346. The Bertz CT molecular complexity index is 921. The third-order valence-corrected chi connectivity index (χ3v) is 5.63. The molecular weight excluding hydrogens is 402 g/mol. The first-order valence-electron chi connectivity index (χ1n) is 11.1. The normalized spacial score (nSPS) is 16.9. The van der Waals surface area contributed by atoms with E-state index in [9.17, 15) is 4.79 Å². The molecule has 6 heteroatoms. The summed E-state index contributed by atoms with van der Waals surface area (Å²) in [4.78, 5) is 22.8. The molecule has 1 unspecified atom stereocenters. The Balaban J connectivity index is 1.67. The van der Waals surface area contributed by atoms with Crippen molar-refractivity contribution in [2.45, 2.75) is 26.3 Å². The number of hydroxylamine groups is 1. The highest BCUT2D eigenvalue weighted by atomic mass is 16.6. The summed E-state index contributed by atoms with van der Waals surface area (Å²) in [6, 6.07) is 17.3. The zero-order valence-corrected chi connectivity index (χ0v) is 19.2. The summed E-state index contributed by atoms with van der Waals surface area (Å²) in [5.74, 6) is 0.706. The number of nitrogens with one attached hydrogen (secondary N) is 1. The number of carbonyl (C=O) groups is 1. The van der Waals surface area contributed by atoms with E-state index < -0.39 is 0 Å². The minimum atomic E-state index is -0.182. The van der Waals surface area contributed by atoms with Gasteiger partial charge in [-0.25, -0.2) is 0 Å². The van der Waals surface area contributed by atoms with Crippen molar-refractivity contribution < 1.29 is 14.4 Å². The van der Waals surface area contributed by atoms with Gasteiger partial charge in [0.2, 0.25) is 0 Å². The van der Waals surface area contributed by atoms with Crippen LogP contribution in [0.2, 0.25) is 0 Å². The molecule has 1 amide bonds. The molecule has 2 aromatic carbocycles. The molecule has 1 N–H and O–H groups in total. The van der Waals surface area contributed by atoms with Crippen LogP contribution in [0.15, 0.2) is 78.5 Å². The Kier molecular flexibility index (Phi) is 8.48. The van der Waals surface area contributed by atoms with Gasteiger partial charge < -0.3 is 9.64 Å². The summed E-state index contributed by atoms with van der Waals surface area (Å²) in [6.07, 6.45) is 2.71. The quantitative estimate of drug-likeness (QED) is 0.231. The van der Waals surface area contributed by atoms with Crippen molar-refractivity contribution in [3.63, 3.8) is 0 Å². The van der Waals surface area contributed by atoms with Crippen molar-refractivity contribution in [1.82, 2.24) is 10.4 Å². The van der Waals surface area contributed by atoms with Crippen LogP contribution in [0.3, 0.4) is 0 Å². The van der Waals surface area contributed by atoms with Crippen LogP contribution in [-0.2, 0) is 9.63 Å². The van der Waals surface area contributed by atoms with E-state index in [-0.39, 0.29) is 11.9 Å². The molecule has 32 heavy (non-hydrogen) atoms. The van der Waals surface area contributed by atoms with Gasteiger partial charge in [0.15, 0.2) is 0 Å². The van der Waals surface area contributed by atoms with E-state index in [1.807, 2.05) is 54.6 Å². The molecular formula is C26H33N3O3. The molecule has 1 aliphatic rings. The van der Waals surface area contributed by atoms with E-state index >= 15 is 0 Å². The van der Waals surface area contributed by atoms with E-state index in [0.717, 1.165) is 43.1 Å². The van der Waals surface area contributed by atoms with Gasteiger partial charge >= 0.3 is 0 Å². The molecule has 3 rings (SSSR count). The Morgan fingerprint density at radius 3 is 2.44 bits per heavy atom. The molecule has 2 aromatic rings. The van der Waals surface area contributed by atoms with Gasteiger partial charge in [-0.2, -0.15) is 0 Å². The molecule has 1 aliphatic heterocycles. The van der Waals surface area contributed by atoms with Crippen LogP contribution in [0.25, 0.3) is 0 Å². The van der Waals surface area contributed by atoms with Crippen molar-refractivity contribution in [3.8, 4) is 5.75 Å². The third kappa shape index (κ3) is 5.58. The number of anilines is 1. The van der Waals surface area contributed by atoms with Gasteiger partial charge in [0.25, 0.3) is 5.91 Å². The lowest BCUT2D eigenvalue weighted by molar-refractivity contribution is -0.119. The van der Waals surface area contributed by atoms with Crippen molar-refractivity contribution in [3.05, 3.63) is 84.1 Å². The summed E-state index contributed by atoms with van der Waals surface area (Å²) in [5.41, 5.74) is 5.99. The zero-order chi connectivity index (χ0) is 22.9. The second-order valence-electron chi connectivity index (χ2n) is 7.64. The van der Waals surface area contributed by atoms with Crippen molar-refractivity contribution in [2.24, 2.45) is 0 Å². The Hall–Kier alpha value is -3.09. The lowest BCUT2D eigenvalue weighted by Gasteiger charge is -2.43. The maximum absolute atomic E-state index is 13.1. The van der Waals surface area contributed by atoms with Gasteiger partial charge in [0.05, 0.1) is 25.5 Å². The average Bonchev–Trinajstić information content (AvgIpc) is 2.83. The maximum atomic E-state index is 13.1. The van der Waals surface area contributed by atoms with Crippen LogP contribution in [0, 0.1) is 0 Å². The number of allylic oxidation sites excluding steroid dienone is 1. The van der Waals surface area contributed by atoms with Crippen LogP contribution in [0.4, 0.5) is 5.69 Å². The van der Waals surface area contributed by atoms with Crippen LogP contribution >= 0.6 is 0 Å². The molecule has 1 heterocycles. The minimum Gasteiger partial charge on any atom is -0.497 e. The Labute approximate surface area is 191 Å². The predicted octanol–water partition coefficient (Wildman–Crippen LogP) is 4.48. The lowest BCUT2D eigenvalue weighted by atomic mass is 9.86. The molecule has 1 atom stereocenters. The number of nitrogens with zero attached hydrogens (tertiary/aromatic N) is 2. The molecule has 0 radical (unpaired) electrons. The third-order valence-electron chi connectivity index (χ3n) is 5.63. The summed E-state index contributed by atoms with van der Waals surface area (Å²) in [5, 5.41) is 0. The fourth-order valence-corrected chi connectivity index (χ4v) is 3.82. The first-order valence-corrected chi connectivity index (χ1v) is 11.1. The number of β-lactam (4-membered cyclic amide) rings is 1. The molecule has 1 fully saturated rings. The lowest BCUT2D eigenvalue weighted by Crippen LogP contribution is -2.49. The molecule has 0 bridgehead atoms. The highest BCUT2D eigenvalue weighted by Gasteiger charge is 2.43. The largest absolute Gasteiger partial charge is 0.497 e. The molecule has 0 spiro atoms. The number of ether oxygens (including phenoxy) is 1. The van der Waals surface area contributed by atoms with E-state index in [2.05, 4.69) is 30.8 Å². The van der Waals surface area contributed by atoms with Gasteiger partial charge in [-0.3, -0.25) is 20.0 Å². The first-order chi connectivity index (χ1) is 15.6. The molecule has 0 aromatic heterocycles. The van der Waals surface area contributed by atoms with Crippen molar-refractivity contribution >= 4 is 11.6 Å². The standard InChI is InChI=1S/C26H33N3O3/c1-5-28(6-2)17-10-18-32-27-20(3)19-24-25(21-11-8-7-9-12-21)29(26(24)30)22-13-15-23(31-4)16-14-22/h7-9,11-16,19,25,27H,3,5-6,10,17-18H2,1-2,4H3. The number of hydrogen-bond donors (Lipinski definition) is 1. The van der Waals surface area contributed by atoms with Gasteiger partial charge in [-0.05, 0) is 55.4 Å². The number of benzene rings is 2. The summed E-state index contributed by atoms with van der Waals surface area (Å²) >= 11 is 0. The Morgan fingerprint density at radius 2 is 1.81 bits per heavy atom. The molecule has 1 saturated heterocycles. The van der Waals surface area contributed by atoms with Gasteiger partial charge in [0.1, 0.15) is 5.75 Å². The molecule has 170 valence electrons. The van der Waals surface area contributed by atoms with Gasteiger partial charge in [0, 0.05) is 17.8 Å². The van der Waals surface area contributed by atoms with Gasteiger partial charge in [-0.1, -0.05) is 50.8 Å². The maximum Gasteiger partial charge on any atom is 0.257 e. The summed E-state index contributed by atoms with van der Waals surface area (Å²) < 4.78 is 5.24. The molecule has 6 nitrogen and oxygen atoms in total. The number of hydrogen-bond acceptors (Lipinski definition) is 5. The average molecular weight is 436 g/mol. The second kappa shape index (κ2) is 11.5. The Morgan fingerprint density at radius 1 is 1.12 bits per heavy atom. The van der Waals surface area contributed by atoms with E-state index in [4.69, 9.17) is 9.57 Å². The minimum absolute atomic E-state index is 0.0477. The number of amides is 1. The van der Waals surface area contributed by atoms with Crippen LogP contribution < -0.4 is 15.1 Å². The molecule has 0 aliphatic carbocycles. The highest BCUT2D eigenvalue weighted by molar-refractivity contribution is 6.15. The van der Waals surface area contributed by atoms with E-state index in [1.165, 1.54) is 0 Å². The van der Waals surface area contributed by atoms with Crippen molar-refractivity contribution in [2.75, 3.05) is 38.3 Å². The summed E-state index contributed by atoms with van der Waals surface area (Å²) in [6.45, 7) is 12.0. The summed E-state index contributed by atoms with van der Waals surface area (Å²) in [7, 11) is 1.63. The van der Waals surface area contributed by atoms with Crippen LogP contribution in [0.5, 0.6) is 5.75 Å². The van der Waals surface area contributed by atoms with E-state index in [0.29, 0.717) is 17.9 Å². The van der Waals surface area contributed by atoms with Crippen molar-refractivity contribution in [1.29, 1.82) is 0 Å². The van der Waals surface area contributed by atoms with Crippen LogP contribution in [-0.4, -0.2) is 44.2 Å². The predicted molar refractivity (Wildman–Crippen MR) is 128 cm³/mol. The number of carbonyl (C=O) groups excluding carboxylic acids is 1. The zero-order valence-electron chi connectivity index (χ0n) is 19.2. The topological polar surface area (TPSA) is 54.0 Å². The second-order valence-corrected chi connectivity index (χ2v) is 7.64. The highest BCUT2D eigenvalue weighted by Crippen LogP contribution is 2.43. The molecule has 0 saturated carbocycles. The first kappa shape index (κ1) is 23.6. The van der Waals surface area contributed by atoms with E-state index in [1.54, 1.807) is 18.1 Å². The van der Waals surface area contributed by atoms with Gasteiger partial charge in [-0.15, -0.1) is 0 Å². The monoisotopic (exact) mass is 435 g/mol. The number of methoxy groups -OCH3 is 1. The fourth-order valence-electron chi connectivity index (χ4n) is 3.82.